The zero-order valence-electron chi connectivity index (χ0n) is 6.94. The van der Waals surface area contributed by atoms with E-state index in [0.29, 0.717) is 5.88 Å². The van der Waals surface area contributed by atoms with Gasteiger partial charge in [-0.25, -0.2) is 0 Å². The van der Waals surface area contributed by atoms with Crippen LogP contribution in [0.3, 0.4) is 0 Å². The predicted octanol–water partition coefficient (Wildman–Crippen LogP) is 3.14. The number of hydrogen-bond acceptors (Lipinski definition) is 1. The fourth-order valence-corrected chi connectivity index (χ4v) is 1.56. The molecule has 0 aromatic rings. The van der Waals surface area contributed by atoms with Crippen LogP contribution < -0.4 is 0 Å². The van der Waals surface area contributed by atoms with Crippen molar-refractivity contribution in [3.8, 4) is 0 Å². The zero-order valence-corrected chi connectivity index (χ0v) is 7.69. The van der Waals surface area contributed by atoms with Gasteiger partial charge in [0.15, 0.2) is 0 Å². The van der Waals surface area contributed by atoms with Crippen LogP contribution in [0, 0.1) is 0 Å². The first-order chi connectivity index (χ1) is 5.38. The van der Waals surface area contributed by atoms with E-state index in [2.05, 4.69) is 11.9 Å². The zero-order chi connectivity index (χ0) is 8.10. The van der Waals surface area contributed by atoms with Gasteiger partial charge in [-0.3, -0.25) is 4.99 Å². The summed E-state index contributed by atoms with van der Waals surface area (Å²) in [5, 5.41) is 0. The minimum atomic E-state index is 0.659. The number of alkyl halides is 1. The first kappa shape index (κ1) is 8.79. The first-order valence-corrected chi connectivity index (χ1v) is 4.71. The van der Waals surface area contributed by atoms with E-state index in [1.807, 2.05) is 6.21 Å². The van der Waals surface area contributed by atoms with Crippen molar-refractivity contribution in [1.29, 1.82) is 0 Å². The maximum absolute atomic E-state index is 5.78. The van der Waals surface area contributed by atoms with Crippen molar-refractivity contribution in [1.82, 2.24) is 0 Å². The molecule has 0 saturated heterocycles. The molecule has 1 nitrogen and oxygen atoms in total. The van der Waals surface area contributed by atoms with Gasteiger partial charge in [0.05, 0.1) is 0 Å². The lowest BCUT2D eigenvalue weighted by molar-refractivity contribution is 0.839. The minimum absolute atomic E-state index is 0.659. The smallest absolute Gasteiger partial charge is 0.0454 e. The molecule has 2 heteroatoms. The SMILES string of the molecule is CCCC1=C(CCl)CCC=N1. The van der Waals surface area contributed by atoms with Gasteiger partial charge in [0.25, 0.3) is 0 Å². The maximum atomic E-state index is 5.78. The highest BCUT2D eigenvalue weighted by atomic mass is 35.5. The van der Waals surface area contributed by atoms with Gasteiger partial charge in [-0.05, 0) is 24.8 Å². The molecule has 0 radical (unpaired) electrons. The molecule has 0 spiro atoms. The molecule has 1 rings (SSSR count). The van der Waals surface area contributed by atoms with Crippen molar-refractivity contribution in [3.05, 3.63) is 11.3 Å². The second-order valence-corrected chi connectivity index (χ2v) is 3.05. The highest BCUT2D eigenvalue weighted by molar-refractivity contribution is 6.19. The van der Waals surface area contributed by atoms with Gasteiger partial charge < -0.3 is 0 Å². The summed E-state index contributed by atoms with van der Waals surface area (Å²) in [5.74, 6) is 0.659. The molecule has 0 saturated carbocycles. The van der Waals surface area contributed by atoms with Gasteiger partial charge in [0.1, 0.15) is 0 Å². The summed E-state index contributed by atoms with van der Waals surface area (Å²) in [6, 6.07) is 0. The molecule has 0 amide bonds. The molecule has 0 N–H and O–H groups in total. The summed E-state index contributed by atoms with van der Waals surface area (Å²) in [7, 11) is 0. The number of allylic oxidation sites excluding steroid dienone is 2. The molecular formula is C9H14ClN. The van der Waals surface area contributed by atoms with Crippen molar-refractivity contribution >= 4 is 17.8 Å². The Morgan fingerprint density at radius 3 is 3.09 bits per heavy atom. The number of rotatable bonds is 3. The van der Waals surface area contributed by atoms with Gasteiger partial charge in [-0.2, -0.15) is 0 Å². The Balaban J connectivity index is 2.66. The summed E-state index contributed by atoms with van der Waals surface area (Å²) in [5.41, 5.74) is 2.57. The molecule has 1 heterocycles. The average molecular weight is 172 g/mol. The molecule has 11 heavy (non-hydrogen) atoms. The standard InChI is InChI=1S/C9H14ClN/c1-2-4-9-8(7-10)5-3-6-11-9/h6H,2-5,7H2,1H3. The van der Waals surface area contributed by atoms with Crippen LogP contribution in [-0.4, -0.2) is 12.1 Å². The van der Waals surface area contributed by atoms with E-state index >= 15 is 0 Å². The topological polar surface area (TPSA) is 12.4 Å². The van der Waals surface area contributed by atoms with Crippen molar-refractivity contribution in [2.45, 2.75) is 32.6 Å². The van der Waals surface area contributed by atoms with Gasteiger partial charge >= 0.3 is 0 Å². The van der Waals surface area contributed by atoms with Crippen molar-refractivity contribution in [2.24, 2.45) is 4.99 Å². The summed E-state index contributed by atoms with van der Waals surface area (Å²) < 4.78 is 0. The number of halogens is 1. The van der Waals surface area contributed by atoms with Crippen molar-refractivity contribution in [2.75, 3.05) is 5.88 Å². The molecule has 0 fully saturated rings. The van der Waals surface area contributed by atoms with E-state index in [4.69, 9.17) is 11.6 Å². The van der Waals surface area contributed by atoms with E-state index in [-0.39, 0.29) is 0 Å². The number of hydrogen-bond donors (Lipinski definition) is 0. The molecule has 0 aromatic heterocycles. The normalized spacial score (nSPS) is 17.6. The van der Waals surface area contributed by atoms with E-state index in [9.17, 15) is 0 Å². The van der Waals surface area contributed by atoms with E-state index in [1.165, 1.54) is 11.3 Å². The monoisotopic (exact) mass is 171 g/mol. The molecule has 0 bridgehead atoms. The van der Waals surface area contributed by atoms with Gasteiger partial charge in [-0.15, -0.1) is 11.6 Å². The Hall–Kier alpha value is -0.300. The molecule has 0 aliphatic carbocycles. The molecular weight excluding hydrogens is 158 g/mol. The van der Waals surface area contributed by atoms with Crippen LogP contribution in [0.2, 0.25) is 0 Å². The quantitative estimate of drug-likeness (QED) is 0.579. The summed E-state index contributed by atoms with van der Waals surface area (Å²) in [6.45, 7) is 2.17. The molecule has 1 aliphatic heterocycles. The Bertz CT molecular complexity index is 182. The largest absolute Gasteiger partial charge is 0.266 e. The molecule has 0 aromatic carbocycles. The fraction of sp³-hybridized carbons (Fsp3) is 0.667. The van der Waals surface area contributed by atoms with Crippen molar-refractivity contribution < 1.29 is 0 Å². The van der Waals surface area contributed by atoms with Crippen molar-refractivity contribution in [3.63, 3.8) is 0 Å². The Morgan fingerprint density at radius 2 is 2.45 bits per heavy atom. The van der Waals surface area contributed by atoms with Crippen LogP contribution in [0.5, 0.6) is 0 Å². The Labute approximate surface area is 73.2 Å². The van der Waals surface area contributed by atoms with Gasteiger partial charge in [0.2, 0.25) is 0 Å². The summed E-state index contributed by atoms with van der Waals surface area (Å²) in [4.78, 5) is 4.34. The Kier molecular flexibility index (Phi) is 3.64. The predicted molar refractivity (Wildman–Crippen MR) is 50.4 cm³/mol. The fourth-order valence-electron chi connectivity index (χ4n) is 1.27. The summed E-state index contributed by atoms with van der Waals surface area (Å²) >= 11 is 5.78. The van der Waals surface area contributed by atoms with Crippen LogP contribution >= 0.6 is 11.6 Å². The van der Waals surface area contributed by atoms with Crippen LogP contribution in [0.1, 0.15) is 32.6 Å². The van der Waals surface area contributed by atoms with Crippen LogP contribution in [-0.2, 0) is 0 Å². The third kappa shape index (κ3) is 2.33. The van der Waals surface area contributed by atoms with Crippen LogP contribution in [0.4, 0.5) is 0 Å². The molecule has 1 aliphatic rings. The van der Waals surface area contributed by atoms with E-state index in [1.54, 1.807) is 0 Å². The average Bonchev–Trinajstić information content (AvgIpc) is 2.06. The van der Waals surface area contributed by atoms with Crippen LogP contribution in [0.25, 0.3) is 0 Å². The number of aliphatic imine (C=N–C) groups is 1. The lowest BCUT2D eigenvalue weighted by Crippen LogP contribution is -1.98. The second kappa shape index (κ2) is 4.55. The van der Waals surface area contributed by atoms with E-state index in [0.717, 1.165) is 25.7 Å². The third-order valence-corrected chi connectivity index (χ3v) is 2.20. The third-order valence-electron chi connectivity index (χ3n) is 1.88. The lowest BCUT2D eigenvalue weighted by Gasteiger charge is -2.11. The van der Waals surface area contributed by atoms with Crippen LogP contribution in [0.15, 0.2) is 16.3 Å². The van der Waals surface area contributed by atoms with Gasteiger partial charge in [-0.1, -0.05) is 13.3 Å². The maximum Gasteiger partial charge on any atom is 0.0454 e. The molecule has 0 atom stereocenters. The lowest BCUT2D eigenvalue weighted by atomic mass is 10.0. The first-order valence-electron chi connectivity index (χ1n) is 4.18. The Morgan fingerprint density at radius 1 is 1.64 bits per heavy atom. The molecule has 62 valence electrons. The summed E-state index contributed by atoms with van der Waals surface area (Å²) in [6.07, 6.45) is 6.42. The highest BCUT2D eigenvalue weighted by Gasteiger charge is 2.06. The van der Waals surface area contributed by atoms with Gasteiger partial charge in [0, 0.05) is 17.8 Å². The molecule has 0 unspecified atom stereocenters. The van der Waals surface area contributed by atoms with E-state index < -0.39 is 0 Å². The minimum Gasteiger partial charge on any atom is -0.266 e. The second-order valence-electron chi connectivity index (χ2n) is 2.78. The highest BCUT2D eigenvalue weighted by Crippen LogP contribution is 2.21. The number of nitrogens with zero attached hydrogens (tertiary/aromatic N) is 1.